The lowest BCUT2D eigenvalue weighted by molar-refractivity contribution is 0.263. The van der Waals surface area contributed by atoms with E-state index in [0.29, 0.717) is 5.92 Å². The highest BCUT2D eigenvalue weighted by Gasteiger charge is 2.42. The van der Waals surface area contributed by atoms with Crippen molar-refractivity contribution in [2.24, 2.45) is 11.8 Å². The molecule has 2 aliphatic rings. The van der Waals surface area contributed by atoms with Crippen LogP contribution >= 0.6 is 23.2 Å². The fraction of sp³-hybridized carbons (Fsp3) is 0.800. The highest BCUT2D eigenvalue weighted by atomic mass is 35.5. The first-order valence-electron chi connectivity index (χ1n) is 4.59. The minimum Gasteiger partial charge on any atom is -0.121 e. The molecule has 68 valence electrons. The van der Waals surface area contributed by atoms with Crippen molar-refractivity contribution in [2.75, 3.05) is 0 Å². The van der Waals surface area contributed by atoms with Crippen molar-refractivity contribution in [1.82, 2.24) is 0 Å². The number of alkyl halides is 2. The summed E-state index contributed by atoms with van der Waals surface area (Å²) in [5.74, 6) is 1.47. The van der Waals surface area contributed by atoms with Crippen LogP contribution in [0, 0.1) is 11.8 Å². The van der Waals surface area contributed by atoms with Gasteiger partial charge >= 0.3 is 0 Å². The van der Waals surface area contributed by atoms with E-state index in [1.54, 1.807) is 0 Å². The highest BCUT2D eigenvalue weighted by molar-refractivity contribution is 6.32. The fourth-order valence-electron chi connectivity index (χ4n) is 2.39. The maximum atomic E-state index is 6.33. The molecule has 2 aliphatic carbocycles. The summed E-state index contributed by atoms with van der Waals surface area (Å²) in [6.07, 6.45) is 7.92. The molecule has 0 bridgehead atoms. The van der Waals surface area contributed by atoms with E-state index >= 15 is 0 Å². The molecule has 4 atom stereocenters. The predicted molar refractivity (Wildman–Crippen MR) is 53.9 cm³/mol. The van der Waals surface area contributed by atoms with Gasteiger partial charge in [0, 0.05) is 0 Å². The van der Waals surface area contributed by atoms with Crippen LogP contribution in [0.15, 0.2) is 12.2 Å². The molecule has 2 heteroatoms. The molecule has 4 unspecified atom stereocenters. The first-order valence-corrected chi connectivity index (χ1v) is 5.41. The smallest absolute Gasteiger partial charge is 0.0585 e. The number of rotatable bonds is 0. The molecule has 0 aromatic rings. The molecular weight excluding hydrogens is 191 g/mol. The Morgan fingerprint density at radius 3 is 3.00 bits per heavy atom. The van der Waals surface area contributed by atoms with Crippen LogP contribution in [-0.4, -0.2) is 10.3 Å². The van der Waals surface area contributed by atoms with Crippen LogP contribution < -0.4 is 0 Å². The summed E-state index contributed by atoms with van der Waals surface area (Å²) in [5.41, 5.74) is 0. The normalized spacial score (nSPS) is 52.4. The molecule has 0 N–H and O–H groups in total. The van der Waals surface area contributed by atoms with Gasteiger partial charge in [0.05, 0.1) is 10.3 Å². The van der Waals surface area contributed by atoms with E-state index in [1.807, 2.05) is 0 Å². The summed E-state index contributed by atoms with van der Waals surface area (Å²) in [6.45, 7) is 2.07. The van der Waals surface area contributed by atoms with Gasteiger partial charge in [-0.2, -0.15) is 0 Å². The Morgan fingerprint density at radius 1 is 1.50 bits per heavy atom. The molecule has 0 saturated heterocycles. The predicted octanol–water partition coefficient (Wildman–Crippen LogP) is 3.58. The van der Waals surface area contributed by atoms with Crippen molar-refractivity contribution in [1.29, 1.82) is 0 Å². The average Bonchev–Trinajstić information content (AvgIpc) is 2.35. The van der Waals surface area contributed by atoms with E-state index in [1.165, 1.54) is 6.42 Å². The first-order chi connectivity index (χ1) is 5.59. The molecule has 0 aromatic carbocycles. The van der Waals surface area contributed by atoms with Crippen LogP contribution in [0.25, 0.3) is 0 Å². The van der Waals surface area contributed by atoms with Gasteiger partial charge in [-0.15, -0.1) is 23.2 Å². The number of halogens is 2. The van der Waals surface area contributed by atoms with E-state index in [-0.39, 0.29) is 10.3 Å². The van der Waals surface area contributed by atoms with E-state index in [4.69, 9.17) is 23.2 Å². The van der Waals surface area contributed by atoms with E-state index < -0.39 is 0 Å². The maximum Gasteiger partial charge on any atom is 0.0585 e. The molecule has 0 heterocycles. The summed E-state index contributed by atoms with van der Waals surface area (Å²) < 4.78 is 0. The number of fused-ring (bicyclic) bond motifs is 1. The van der Waals surface area contributed by atoms with Gasteiger partial charge in [0.15, 0.2) is 0 Å². The number of allylic oxidation sites excluding steroid dienone is 2. The zero-order valence-electron chi connectivity index (χ0n) is 7.26. The highest BCUT2D eigenvalue weighted by Crippen LogP contribution is 2.47. The topological polar surface area (TPSA) is 0 Å². The third-order valence-electron chi connectivity index (χ3n) is 3.22. The summed E-state index contributed by atoms with van der Waals surface area (Å²) in [4.78, 5) is -0.172. The Kier molecular flexibility index (Phi) is 2.17. The number of hydrogen-bond donors (Lipinski definition) is 0. The van der Waals surface area contributed by atoms with Crippen molar-refractivity contribution < 1.29 is 0 Å². The van der Waals surface area contributed by atoms with Crippen molar-refractivity contribution in [3.8, 4) is 0 Å². The largest absolute Gasteiger partial charge is 0.121 e. The van der Waals surface area contributed by atoms with Gasteiger partial charge in [0.1, 0.15) is 0 Å². The van der Waals surface area contributed by atoms with Crippen molar-refractivity contribution in [2.45, 2.75) is 36.4 Å². The minimum atomic E-state index is -0.172. The molecular formula is C10H14Cl2. The molecule has 0 aromatic heterocycles. The van der Waals surface area contributed by atoms with Gasteiger partial charge in [-0.3, -0.25) is 0 Å². The van der Waals surface area contributed by atoms with Crippen molar-refractivity contribution in [3.63, 3.8) is 0 Å². The maximum absolute atomic E-state index is 6.33. The second kappa shape index (κ2) is 2.92. The average molecular weight is 205 g/mol. The van der Waals surface area contributed by atoms with Gasteiger partial charge in [0.2, 0.25) is 0 Å². The fourth-order valence-corrected chi connectivity index (χ4v) is 2.97. The lowest BCUT2D eigenvalue weighted by Gasteiger charge is -2.39. The molecule has 0 aliphatic heterocycles. The third-order valence-corrected chi connectivity index (χ3v) is 4.41. The Bertz CT molecular complexity index is 208. The summed E-state index contributed by atoms with van der Waals surface area (Å²) >= 11 is 12.5. The first kappa shape index (κ1) is 8.90. The monoisotopic (exact) mass is 204 g/mol. The van der Waals surface area contributed by atoms with Crippen molar-refractivity contribution >= 4 is 23.2 Å². The second-order valence-corrected chi connectivity index (χ2v) is 5.66. The molecule has 0 amide bonds. The standard InChI is InChI=1S/C10H14Cl2/c1-10(12)6-8-4-2-3-7(8)5-9(10)11/h2-3,7-9H,4-6H2,1H3. The van der Waals surface area contributed by atoms with Crippen molar-refractivity contribution in [3.05, 3.63) is 12.2 Å². The zero-order chi connectivity index (χ0) is 8.77. The van der Waals surface area contributed by atoms with Crippen LogP contribution in [0.5, 0.6) is 0 Å². The molecule has 2 rings (SSSR count). The number of hydrogen-bond acceptors (Lipinski definition) is 0. The van der Waals surface area contributed by atoms with Gasteiger partial charge in [-0.25, -0.2) is 0 Å². The molecule has 0 spiro atoms. The van der Waals surface area contributed by atoms with E-state index in [2.05, 4.69) is 19.1 Å². The van der Waals surface area contributed by atoms with Crippen LogP contribution in [0.4, 0.5) is 0 Å². The second-order valence-electron chi connectivity index (χ2n) is 4.27. The molecule has 1 saturated carbocycles. The Hall–Kier alpha value is 0.320. The van der Waals surface area contributed by atoms with Crippen LogP contribution in [0.3, 0.4) is 0 Å². The van der Waals surface area contributed by atoms with Crippen LogP contribution in [-0.2, 0) is 0 Å². The van der Waals surface area contributed by atoms with E-state index in [0.717, 1.165) is 18.8 Å². The van der Waals surface area contributed by atoms with Gasteiger partial charge < -0.3 is 0 Å². The van der Waals surface area contributed by atoms with Gasteiger partial charge in [-0.1, -0.05) is 12.2 Å². The SMILES string of the molecule is CC1(Cl)CC2CC=CC2CC1Cl. The molecule has 12 heavy (non-hydrogen) atoms. The zero-order valence-corrected chi connectivity index (χ0v) is 8.78. The van der Waals surface area contributed by atoms with E-state index in [9.17, 15) is 0 Å². The molecule has 0 nitrogen and oxygen atoms in total. The lowest BCUT2D eigenvalue weighted by atomic mass is 9.75. The van der Waals surface area contributed by atoms with Gasteiger partial charge in [-0.05, 0) is 38.0 Å². The summed E-state index contributed by atoms with van der Waals surface area (Å²) in [5, 5.41) is 0.142. The Labute approximate surface area is 83.9 Å². The quantitative estimate of drug-likeness (QED) is 0.419. The molecule has 1 fully saturated rings. The summed E-state index contributed by atoms with van der Waals surface area (Å²) in [6, 6.07) is 0. The third kappa shape index (κ3) is 1.40. The van der Waals surface area contributed by atoms with Gasteiger partial charge in [0.25, 0.3) is 0 Å². The Balaban J connectivity index is 2.12. The van der Waals surface area contributed by atoms with Crippen LogP contribution in [0.2, 0.25) is 0 Å². The minimum absolute atomic E-state index is 0.142. The summed E-state index contributed by atoms with van der Waals surface area (Å²) in [7, 11) is 0. The molecule has 0 radical (unpaired) electrons. The lowest BCUT2D eigenvalue weighted by Crippen LogP contribution is -2.39. The Morgan fingerprint density at radius 2 is 2.25 bits per heavy atom. The van der Waals surface area contributed by atoms with Crippen LogP contribution in [0.1, 0.15) is 26.2 Å².